The van der Waals surface area contributed by atoms with Crippen LogP contribution in [0.1, 0.15) is 24.0 Å². The van der Waals surface area contributed by atoms with Crippen molar-refractivity contribution in [2.45, 2.75) is 52.8 Å². The summed E-state index contributed by atoms with van der Waals surface area (Å²) in [4.78, 5) is 56.0. The zero-order chi connectivity index (χ0) is 31.8. The van der Waals surface area contributed by atoms with Crippen molar-refractivity contribution in [2.75, 3.05) is 0 Å². The summed E-state index contributed by atoms with van der Waals surface area (Å²) in [6.45, 7) is 0. The molecule has 234 valence electrons. The van der Waals surface area contributed by atoms with Gasteiger partial charge in [-0.1, -0.05) is 94.4 Å². The first-order valence-corrected chi connectivity index (χ1v) is 17.0. The van der Waals surface area contributed by atoms with Gasteiger partial charge in [0.15, 0.2) is 15.3 Å². The highest BCUT2D eigenvalue weighted by Gasteiger charge is 2.78. The highest BCUT2D eigenvalue weighted by atomic mass is 33.1. The van der Waals surface area contributed by atoms with Crippen LogP contribution >= 0.6 is 21.6 Å². The molecule has 10 nitrogen and oxygen atoms in total. The zero-order valence-corrected chi connectivity index (χ0v) is 25.9. The number of fused-ring (bicyclic) bond motifs is 3. The number of rotatable bonds is 6. The van der Waals surface area contributed by atoms with Gasteiger partial charge in [-0.3, -0.25) is 14.4 Å². The summed E-state index contributed by atoms with van der Waals surface area (Å²) in [5.74, 6) is -3.78. The summed E-state index contributed by atoms with van der Waals surface area (Å²) in [6, 6.07) is 15.7. The van der Waals surface area contributed by atoms with E-state index in [1.165, 1.54) is 57.2 Å². The Hall–Kier alpha value is -4.26. The minimum atomic E-state index is -2.44. The summed E-state index contributed by atoms with van der Waals surface area (Å²) in [5.41, 5.74) is -0.162. The molecule has 0 aromatic heterocycles. The summed E-state index contributed by atoms with van der Waals surface area (Å²) in [7, 11) is 2.61. The van der Waals surface area contributed by atoms with Crippen LogP contribution in [0.4, 0.5) is 0 Å². The molecule has 7 aliphatic rings. The van der Waals surface area contributed by atoms with E-state index in [4.69, 9.17) is 9.47 Å². The van der Waals surface area contributed by atoms with Crippen LogP contribution < -0.4 is 0 Å². The van der Waals surface area contributed by atoms with Gasteiger partial charge in [0.05, 0.1) is 31.0 Å². The number of carboxylic acids is 1. The molecular formula is C34H28N2O8S2. The fourth-order valence-corrected chi connectivity index (χ4v) is 11.4. The van der Waals surface area contributed by atoms with Crippen LogP contribution in [0.5, 0.6) is 0 Å². The third kappa shape index (κ3) is 3.90. The van der Waals surface area contributed by atoms with Crippen molar-refractivity contribution >= 4 is 45.3 Å². The number of esters is 1. The van der Waals surface area contributed by atoms with E-state index < -0.39 is 51.4 Å². The summed E-state index contributed by atoms with van der Waals surface area (Å²) < 4.78 is 11.6. The van der Waals surface area contributed by atoms with Crippen LogP contribution in [-0.4, -0.2) is 71.7 Å². The van der Waals surface area contributed by atoms with Gasteiger partial charge < -0.3 is 29.5 Å². The first-order valence-electron chi connectivity index (χ1n) is 14.9. The number of aliphatic carboxylic acids is 1. The van der Waals surface area contributed by atoms with Gasteiger partial charge >= 0.3 is 11.9 Å². The van der Waals surface area contributed by atoms with Crippen LogP contribution in [-0.2, 0) is 40.7 Å². The molecule has 2 spiro atoms. The van der Waals surface area contributed by atoms with E-state index in [9.17, 15) is 29.4 Å². The molecule has 5 fully saturated rings. The molecule has 0 radical (unpaired) electrons. The van der Waals surface area contributed by atoms with Gasteiger partial charge in [0.2, 0.25) is 0 Å². The van der Waals surface area contributed by atoms with Crippen molar-refractivity contribution in [3.63, 3.8) is 0 Å². The Labute approximate surface area is 271 Å². The number of nitrogens with zero attached hydrogens (tertiary/aromatic N) is 2. The van der Waals surface area contributed by atoms with Gasteiger partial charge in [-0.25, -0.2) is 4.79 Å². The lowest BCUT2D eigenvalue weighted by Gasteiger charge is -2.59. The summed E-state index contributed by atoms with van der Waals surface area (Å²) >= 11 is 0. The lowest BCUT2D eigenvalue weighted by atomic mass is 9.75. The molecular weight excluding hydrogens is 629 g/mol. The molecule has 12 heteroatoms. The third-order valence-corrected chi connectivity index (χ3v) is 13.3. The molecule has 6 heterocycles. The molecule has 1 aliphatic carbocycles. The first kappa shape index (κ1) is 29.2. The second-order valence-corrected chi connectivity index (χ2v) is 14.9. The largest absolute Gasteiger partial charge is 0.479 e. The van der Waals surface area contributed by atoms with Crippen molar-refractivity contribution in [1.29, 1.82) is 0 Å². The number of piperazine rings is 1. The monoisotopic (exact) mass is 656 g/mol. The van der Waals surface area contributed by atoms with Crippen molar-refractivity contribution in [1.82, 2.24) is 9.80 Å². The van der Waals surface area contributed by atoms with Gasteiger partial charge in [-0.05, 0) is 34.4 Å². The maximum absolute atomic E-state index is 14.9. The SMILES string of the molecule is O=C(Cc1ccccc1)OC1C=CC=C2CC34SSC5(CC6=COC=CC(C(O)(C(=O)O)c7ccccc7)C6N5C3=O)C(=O)N4C21. The molecule has 0 saturated carbocycles. The van der Waals surface area contributed by atoms with Crippen LogP contribution in [0, 0.1) is 5.92 Å². The molecule has 2 amide bonds. The number of hydrogen-bond acceptors (Lipinski definition) is 9. The molecule has 2 bridgehead atoms. The van der Waals surface area contributed by atoms with Crippen molar-refractivity contribution < 1.29 is 38.9 Å². The number of hydrogen-bond donors (Lipinski definition) is 2. The number of benzene rings is 2. The van der Waals surface area contributed by atoms with Gasteiger partial charge in [-0.2, -0.15) is 0 Å². The Bertz CT molecular complexity index is 1790. The van der Waals surface area contributed by atoms with Gasteiger partial charge in [0, 0.05) is 18.8 Å². The Morgan fingerprint density at radius 3 is 2.22 bits per heavy atom. The number of carbonyl (C=O) groups excluding carboxylic acids is 3. The Morgan fingerprint density at radius 2 is 1.54 bits per heavy atom. The smallest absolute Gasteiger partial charge is 0.341 e. The Balaban J connectivity index is 1.17. The molecule has 2 aromatic rings. The fourth-order valence-electron chi connectivity index (χ4n) is 7.73. The number of amides is 2. The average Bonchev–Trinajstić information content (AvgIpc) is 3.51. The zero-order valence-electron chi connectivity index (χ0n) is 24.2. The van der Waals surface area contributed by atoms with E-state index in [0.29, 0.717) is 5.57 Å². The van der Waals surface area contributed by atoms with E-state index >= 15 is 0 Å². The highest BCUT2D eigenvalue weighted by molar-refractivity contribution is 8.78. The van der Waals surface area contributed by atoms with E-state index in [0.717, 1.165) is 11.1 Å². The van der Waals surface area contributed by atoms with Crippen LogP contribution in [0.15, 0.2) is 109 Å². The van der Waals surface area contributed by atoms with E-state index in [1.54, 1.807) is 35.3 Å². The predicted octanol–water partition coefficient (Wildman–Crippen LogP) is 3.66. The molecule has 46 heavy (non-hydrogen) atoms. The average molecular weight is 657 g/mol. The second kappa shape index (κ2) is 10.4. The first-order chi connectivity index (χ1) is 22.2. The lowest BCUT2D eigenvalue weighted by Crippen LogP contribution is -2.77. The minimum Gasteiger partial charge on any atom is -0.479 e. The number of carbonyl (C=O) groups is 4. The number of ether oxygens (including phenoxy) is 2. The molecule has 2 aromatic carbocycles. The van der Waals surface area contributed by atoms with E-state index in [-0.39, 0.29) is 36.6 Å². The van der Waals surface area contributed by atoms with Crippen LogP contribution in [0.3, 0.4) is 0 Å². The quantitative estimate of drug-likeness (QED) is 0.351. The van der Waals surface area contributed by atoms with E-state index in [1.807, 2.05) is 36.4 Å². The molecule has 2 N–H and O–H groups in total. The fraction of sp³-hybridized carbons (Fsp3) is 0.294. The van der Waals surface area contributed by atoms with Crippen LogP contribution in [0.25, 0.3) is 0 Å². The van der Waals surface area contributed by atoms with Gasteiger partial charge in [0.25, 0.3) is 11.8 Å². The maximum Gasteiger partial charge on any atom is 0.341 e. The third-order valence-electron chi connectivity index (χ3n) is 9.73. The van der Waals surface area contributed by atoms with Crippen molar-refractivity contribution in [3.05, 3.63) is 120 Å². The number of carboxylic acid groups (broad SMARTS) is 1. The normalized spacial score (nSPS) is 33.1. The molecule has 5 saturated heterocycles. The van der Waals surface area contributed by atoms with Crippen LogP contribution in [0.2, 0.25) is 0 Å². The van der Waals surface area contributed by atoms with Crippen molar-refractivity contribution in [2.24, 2.45) is 5.92 Å². The van der Waals surface area contributed by atoms with Gasteiger partial charge in [0.1, 0.15) is 6.10 Å². The maximum atomic E-state index is 14.9. The molecule has 9 rings (SSSR count). The standard InChI is InChI=1S/C34H28N2O8S2/c37-26(16-20-8-3-1-4-9-20)44-25-13-7-10-21-17-32-29(38)35-27-22(18-33(35,46-45-32)30(39)36(32)28(21)25)19-43-15-14-24(27)34(42,31(40)41)23-11-5-2-6-12-23/h1-15,19,24-25,27-28,42H,16-18H2,(H,40,41). The molecule has 6 aliphatic heterocycles. The topological polar surface area (TPSA) is 134 Å². The highest BCUT2D eigenvalue weighted by Crippen LogP contribution is 2.70. The summed E-state index contributed by atoms with van der Waals surface area (Å²) in [5, 5.41) is 22.5. The second-order valence-electron chi connectivity index (χ2n) is 12.2. The lowest BCUT2D eigenvalue weighted by molar-refractivity contribution is -0.176. The number of aliphatic hydroxyl groups is 1. The Kier molecular flexibility index (Phi) is 6.58. The number of allylic oxidation sites excluding steroid dienone is 2. The van der Waals surface area contributed by atoms with Gasteiger partial charge in [-0.15, -0.1) is 0 Å². The molecule has 7 unspecified atom stereocenters. The summed E-state index contributed by atoms with van der Waals surface area (Å²) in [6.07, 6.45) is 9.20. The molecule has 7 atom stereocenters. The van der Waals surface area contributed by atoms with E-state index in [2.05, 4.69) is 0 Å². The Morgan fingerprint density at radius 1 is 0.913 bits per heavy atom. The minimum absolute atomic E-state index is 0.0654. The van der Waals surface area contributed by atoms with Crippen molar-refractivity contribution in [3.8, 4) is 0 Å². The predicted molar refractivity (Wildman–Crippen MR) is 168 cm³/mol.